The Bertz CT molecular complexity index is 566. The minimum atomic E-state index is -0.573. The lowest BCUT2D eigenvalue weighted by Gasteiger charge is -2.07. The molecule has 2 aromatic rings. The van der Waals surface area contributed by atoms with Crippen LogP contribution in [0.5, 0.6) is 0 Å². The van der Waals surface area contributed by atoms with E-state index in [2.05, 4.69) is 21.2 Å². The normalized spacial score (nSPS) is 10.2. The molecule has 2 aromatic carbocycles. The summed E-state index contributed by atoms with van der Waals surface area (Å²) in [5.74, 6) is -1.09. The summed E-state index contributed by atoms with van der Waals surface area (Å²) in [6.07, 6.45) is 0. The Hall–Kier alpha value is -1.39. The van der Waals surface area contributed by atoms with Crippen LogP contribution >= 0.6 is 27.5 Å². The van der Waals surface area contributed by atoms with Gasteiger partial charge in [-0.1, -0.05) is 17.7 Å². The average Bonchev–Trinajstić information content (AvgIpc) is 2.32. The van der Waals surface area contributed by atoms with Gasteiger partial charge in [0.2, 0.25) is 0 Å². The molecule has 0 fully saturated rings. The average molecular weight is 329 g/mol. The number of hydrogen-bond donors (Lipinski definition) is 1. The van der Waals surface area contributed by atoms with E-state index in [0.29, 0.717) is 15.2 Å². The first-order valence-corrected chi connectivity index (χ1v) is 6.26. The van der Waals surface area contributed by atoms with Crippen LogP contribution in [-0.4, -0.2) is 5.91 Å². The van der Waals surface area contributed by atoms with Crippen molar-refractivity contribution in [3.05, 3.63) is 63.3 Å². The minimum Gasteiger partial charge on any atom is -0.322 e. The summed E-state index contributed by atoms with van der Waals surface area (Å²) in [7, 11) is 0. The molecule has 0 aliphatic heterocycles. The lowest BCUT2D eigenvalue weighted by molar-refractivity contribution is 0.102. The highest BCUT2D eigenvalue weighted by atomic mass is 79.9. The highest BCUT2D eigenvalue weighted by Gasteiger charge is 2.15. The summed E-state index contributed by atoms with van der Waals surface area (Å²) in [5.41, 5.74) is 0.534. The van der Waals surface area contributed by atoms with E-state index in [0.717, 1.165) is 0 Å². The van der Waals surface area contributed by atoms with Crippen LogP contribution in [-0.2, 0) is 0 Å². The van der Waals surface area contributed by atoms with Crippen LogP contribution in [0.3, 0.4) is 0 Å². The third-order valence-corrected chi connectivity index (χ3v) is 3.20. The summed E-state index contributed by atoms with van der Waals surface area (Å²) in [6.45, 7) is 0. The molecule has 0 atom stereocenters. The fraction of sp³-hybridized carbons (Fsp3) is 0. The molecular weight excluding hydrogens is 321 g/mol. The maximum absolute atomic E-state index is 13.6. The van der Waals surface area contributed by atoms with Crippen molar-refractivity contribution in [2.24, 2.45) is 0 Å². The van der Waals surface area contributed by atoms with Crippen LogP contribution in [0.2, 0.25) is 5.02 Å². The summed E-state index contributed by atoms with van der Waals surface area (Å²) in [5, 5.41) is 3.17. The molecular formula is C13H8BrClFNO. The molecule has 0 aliphatic carbocycles. The number of rotatable bonds is 2. The molecule has 0 radical (unpaired) electrons. The number of amides is 1. The molecule has 5 heteroatoms. The minimum absolute atomic E-state index is 0.0209. The van der Waals surface area contributed by atoms with Crippen LogP contribution in [0.4, 0.5) is 10.1 Å². The van der Waals surface area contributed by atoms with Crippen molar-refractivity contribution in [2.75, 3.05) is 5.32 Å². The van der Waals surface area contributed by atoms with Gasteiger partial charge in [-0.25, -0.2) is 4.39 Å². The maximum atomic E-state index is 13.6. The number of anilines is 1. The molecule has 0 spiro atoms. The number of nitrogens with one attached hydrogen (secondary N) is 1. The van der Waals surface area contributed by atoms with E-state index in [1.54, 1.807) is 30.3 Å². The van der Waals surface area contributed by atoms with Crippen LogP contribution in [0.15, 0.2) is 46.9 Å². The maximum Gasteiger partial charge on any atom is 0.259 e. The molecule has 0 aliphatic rings. The van der Waals surface area contributed by atoms with E-state index in [9.17, 15) is 9.18 Å². The topological polar surface area (TPSA) is 29.1 Å². The van der Waals surface area contributed by atoms with Gasteiger partial charge in [-0.15, -0.1) is 0 Å². The van der Waals surface area contributed by atoms with E-state index in [1.807, 2.05) is 0 Å². The molecule has 2 rings (SSSR count). The second-order valence-corrected chi connectivity index (χ2v) is 4.85. The van der Waals surface area contributed by atoms with Crippen LogP contribution in [0.25, 0.3) is 0 Å². The molecule has 2 nitrogen and oxygen atoms in total. The Morgan fingerprint density at radius 2 is 1.83 bits per heavy atom. The van der Waals surface area contributed by atoms with E-state index in [-0.39, 0.29) is 5.56 Å². The molecule has 0 heterocycles. The zero-order valence-corrected chi connectivity index (χ0v) is 11.4. The molecule has 18 heavy (non-hydrogen) atoms. The van der Waals surface area contributed by atoms with Gasteiger partial charge in [0.15, 0.2) is 0 Å². The summed E-state index contributed by atoms with van der Waals surface area (Å²) in [6, 6.07) is 11.0. The van der Waals surface area contributed by atoms with Gasteiger partial charge in [0, 0.05) is 15.2 Å². The molecule has 0 unspecified atom stereocenters. The van der Waals surface area contributed by atoms with Crippen molar-refractivity contribution < 1.29 is 9.18 Å². The number of carbonyl (C=O) groups excluding carboxylic acids is 1. The second kappa shape index (κ2) is 5.50. The molecule has 0 bridgehead atoms. The molecule has 1 N–H and O–H groups in total. The summed E-state index contributed by atoms with van der Waals surface area (Å²) >= 11 is 8.89. The zero-order valence-electron chi connectivity index (χ0n) is 9.08. The monoisotopic (exact) mass is 327 g/mol. The van der Waals surface area contributed by atoms with Gasteiger partial charge in [-0.3, -0.25) is 4.79 Å². The fourth-order valence-electron chi connectivity index (χ4n) is 1.44. The number of carbonyl (C=O) groups is 1. The third-order valence-electron chi connectivity index (χ3n) is 2.29. The second-order valence-electron chi connectivity index (χ2n) is 3.56. The van der Waals surface area contributed by atoms with Gasteiger partial charge in [-0.2, -0.15) is 0 Å². The van der Waals surface area contributed by atoms with Gasteiger partial charge >= 0.3 is 0 Å². The predicted octanol–water partition coefficient (Wildman–Crippen LogP) is 4.49. The first-order valence-electron chi connectivity index (χ1n) is 5.09. The first kappa shape index (κ1) is 13.1. The Morgan fingerprint density at radius 1 is 1.17 bits per heavy atom. The van der Waals surface area contributed by atoms with Gasteiger partial charge in [0.25, 0.3) is 5.91 Å². The largest absolute Gasteiger partial charge is 0.322 e. The Balaban J connectivity index is 2.25. The number of halogens is 3. The van der Waals surface area contributed by atoms with E-state index in [1.165, 1.54) is 12.1 Å². The van der Waals surface area contributed by atoms with Crippen LogP contribution in [0.1, 0.15) is 10.4 Å². The van der Waals surface area contributed by atoms with Crippen molar-refractivity contribution in [1.82, 2.24) is 0 Å². The summed E-state index contributed by atoms with van der Waals surface area (Å²) < 4.78 is 14.0. The zero-order chi connectivity index (χ0) is 13.1. The van der Waals surface area contributed by atoms with Crippen molar-refractivity contribution in [3.63, 3.8) is 0 Å². The fourth-order valence-corrected chi connectivity index (χ4v) is 2.09. The van der Waals surface area contributed by atoms with Crippen LogP contribution in [0, 0.1) is 5.82 Å². The molecule has 92 valence electrons. The smallest absolute Gasteiger partial charge is 0.259 e. The van der Waals surface area contributed by atoms with Gasteiger partial charge in [-0.05, 0) is 52.3 Å². The summed E-state index contributed by atoms with van der Waals surface area (Å²) in [4.78, 5) is 11.9. The SMILES string of the molecule is O=C(Nc1ccc(Cl)cc1)c1c(F)cccc1Br. The van der Waals surface area contributed by atoms with Crippen molar-refractivity contribution in [3.8, 4) is 0 Å². The van der Waals surface area contributed by atoms with E-state index >= 15 is 0 Å². The Morgan fingerprint density at radius 3 is 2.44 bits per heavy atom. The first-order chi connectivity index (χ1) is 8.58. The molecule has 1 amide bonds. The Labute approximate surface area is 117 Å². The molecule has 0 saturated heterocycles. The highest BCUT2D eigenvalue weighted by Crippen LogP contribution is 2.21. The molecule has 0 saturated carbocycles. The standard InChI is InChI=1S/C13H8BrClFNO/c14-10-2-1-3-11(16)12(10)13(18)17-9-6-4-8(15)5-7-9/h1-7H,(H,17,18). The lowest BCUT2D eigenvalue weighted by Crippen LogP contribution is -2.14. The number of hydrogen-bond acceptors (Lipinski definition) is 1. The van der Waals surface area contributed by atoms with E-state index < -0.39 is 11.7 Å². The van der Waals surface area contributed by atoms with Crippen molar-refractivity contribution in [1.29, 1.82) is 0 Å². The Kier molecular flexibility index (Phi) is 3.99. The third kappa shape index (κ3) is 2.89. The lowest BCUT2D eigenvalue weighted by atomic mass is 10.2. The van der Waals surface area contributed by atoms with Crippen molar-refractivity contribution >= 4 is 39.1 Å². The predicted molar refractivity (Wildman–Crippen MR) is 73.5 cm³/mol. The highest BCUT2D eigenvalue weighted by molar-refractivity contribution is 9.10. The van der Waals surface area contributed by atoms with Crippen LogP contribution < -0.4 is 5.32 Å². The van der Waals surface area contributed by atoms with Gasteiger partial charge in [0.1, 0.15) is 5.82 Å². The van der Waals surface area contributed by atoms with Gasteiger partial charge < -0.3 is 5.32 Å². The van der Waals surface area contributed by atoms with Gasteiger partial charge in [0.05, 0.1) is 5.56 Å². The number of benzene rings is 2. The van der Waals surface area contributed by atoms with E-state index in [4.69, 9.17) is 11.6 Å². The van der Waals surface area contributed by atoms with Crippen molar-refractivity contribution in [2.45, 2.75) is 0 Å². The molecule has 0 aromatic heterocycles. The quantitative estimate of drug-likeness (QED) is 0.864.